The van der Waals surface area contributed by atoms with Gasteiger partial charge in [-0.05, 0) is 44.7 Å². The summed E-state index contributed by atoms with van der Waals surface area (Å²) in [6.07, 6.45) is 2.34. The number of likely N-dealkylation sites (tertiary alicyclic amines) is 1. The van der Waals surface area contributed by atoms with Crippen molar-refractivity contribution in [2.45, 2.75) is 38.7 Å². The maximum absolute atomic E-state index is 12.3. The van der Waals surface area contributed by atoms with E-state index in [2.05, 4.69) is 5.32 Å². The number of para-hydroxylation sites is 1. The van der Waals surface area contributed by atoms with Crippen LogP contribution in [0.15, 0.2) is 30.3 Å². The molecular formula is C19H24N2O4. The molecule has 1 saturated carbocycles. The minimum atomic E-state index is -0.848. The number of hydrogen-bond acceptors (Lipinski definition) is 4. The summed E-state index contributed by atoms with van der Waals surface area (Å²) in [5.74, 6) is -0.502. The Morgan fingerprint density at radius 2 is 1.68 bits per heavy atom. The van der Waals surface area contributed by atoms with Crippen molar-refractivity contribution in [1.82, 2.24) is 4.90 Å². The molecule has 1 aromatic rings. The van der Waals surface area contributed by atoms with E-state index in [4.69, 9.17) is 4.74 Å². The van der Waals surface area contributed by atoms with E-state index in [1.54, 1.807) is 19.1 Å². The van der Waals surface area contributed by atoms with E-state index in [1.165, 1.54) is 0 Å². The summed E-state index contributed by atoms with van der Waals surface area (Å²) in [4.78, 5) is 38.3. The quantitative estimate of drug-likeness (QED) is 0.831. The molecule has 0 spiro atoms. The van der Waals surface area contributed by atoms with Crippen molar-refractivity contribution >= 4 is 23.5 Å². The minimum Gasteiger partial charge on any atom is -0.452 e. The Kier molecular flexibility index (Phi) is 5.36. The van der Waals surface area contributed by atoms with Gasteiger partial charge in [0.05, 0.1) is 5.92 Å². The third kappa shape index (κ3) is 4.59. The molecule has 2 fully saturated rings. The van der Waals surface area contributed by atoms with Gasteiger partial charge >= 0.3 is 5.97 Å². The van der Waals surface area contributed by atoms with E-state index in [0.717, 1.165) is 12.8 Å². The fourth-order valence-corrected chi connectivity index (χ4v) is 3.01. The maximum atomic E-state index is 12.3. The number of nitrogens with zero attached hydrogens (tertiary/aromatic N) is 1. The second-order valence-electron chi connectivity index (χ2n) is 6.81. The number of benzene rings is 1. The number of carbonyl (C=O) groups excluding carboxylic acids is 3. The first-order chi connectivity index (χ1) is 12.0. The third-order valence-corrected chi connectivity index (χ3v) is 4.77. The number of piperidine rings is 1. The lowest BCUT2D eigenvalue weighted by molar-refractivity contribution is -0.159. The highest BCUT2D eigenvalue weighted by atomic mass is 16.5. The van der Waals surface area contributed by atoms with E-state index in [9.17, 15) is 14.4 Å². The van der Waals surface area contributed by atoms with Gasteiger partial charge in [0, 0.05) is 24.7 Å². The number of anilines is 1. The standard InChI is InChI=1S/C19H24N2O4/c1-13(17(22)20-16-5-3-2-4-6-16)25-19(24)15-9-11-21(12-10-15)18(23)14-7-8-14/h2-6,13-15H,7-12H2,1H3,(H,20,22). The smallest absolute Gasteiger partial charge is 0.309 e. The zero-order valence-corrected chi connectivity index (χ0v) is 14.4. The van der Waals surface area contributed by atoms with Gasteiger partial charge in [-0.3, -0.25) is 14.4 Å². The Labute approximate surface area is 147 Å². The SMILES string of the molecule is CC(OC(=O)C1CCN(C(=O)C2CC2)CC1)C(=O)Nc1ccccc1. The van der Waals surface area contributed by atoms with Crippen LogP contribution in [0.4, 0.5) is 5.69 Å². The summed E-state index contributed by atoms with van der Waals surface area (Å²) < 4.78 is 5.32. The van der Waals surface area contributed by atoms with E-state index < -0.39 is 6.10 Å². The molecule has 6 nitrogen and oxygen atoms in total. The van der Waals surface area contributed by atoms with Crippen molar-refractivity contribution in [2.75, 3.05) is 18.4 Å². The van der Waals surface area contributed by atoms with E-state index in [0.29, 0.717) is 31.6 Å². The summed E-state index contributed by atoms with van der Waals surface area (Å²) in [5.41, 5.74) is 0.669. The van der Waals surface area contributed by atoms with Crippen molar-refractivity contribution in [3.8, 4) is 0 Å². The molecule has 1 heterocycles. The highest BCUT2D eigenvalue weighted by Gasteiger charge is 2.36. The van der Waals surface area contributed by atoms with Crippen LogP contribution in [-0.4, -0.2) is 41.9 Å². The summed E-state index contributed by atoms with van der Waals surface area (Å²) in [6.45, 7) is 2.77. The molecular weight excluding hydrogens is 320 g/mol. The minimum absolute atomic E-state index is 0.213. The highest BCUT2D eigenvalue weighted by Crippen LogP contribution is 2.32. The fourth-order valence-electron chi connectivity index (χ4n) is 3.01. The van der Waals surface area contributed by atoms with Gasteiger partial charge in [0.2, 0.25) is 5.91 Å². The number of amides is 2. The van der Waals surface area contributed by atoms with Crippen molar-refractivity contribution in [3.05, 3.63) is 30.3 Å². The Hall–Kier alpha value is -2.37. The summed E-state index contributed by atoms with van der Waals surface area (Å²) in [7, 11) is 0. The maximum Gasteiger partial charge on any atom is 0.309 e. The molecule has 0 aromatic heterocycles. The molecule has 1 aliphatic heterocycles. The molecule has 1 aromatic carbocycles. The zero-order chi connectivity index (χ0) is 17.8. The van der Waals surface area contributed by atoms with Crippen molar-refractivity contribution < 1.29 is 19.1 Å². The van der Waals surface area contributed by atoms with Gasteiger partial charge in [0.1, 0.15) is 0 Å². The second kappa shape index (κ2) is 7.68. The van der Waals surface area contributed by atoms with Crippen LogP contribution in [0.3, 0.4) is 0 Å². The molecule has 0 radical (unpaired) electrons. The topological polar surface area (TPSA) is 75.7 Å². The molecule has 25 heavy (non-hydrogen) atoms. The van der Waals surface area contributed by atoms with Gasteiger partial charge < -0.3 is 15.0 Å². The van der Waals surface area contributed by atoms with Crippen LogP contribution < -0.4 is 5.32 Å². The monoisotopic (exact) mass is 344 g/mol. The Bertz CT molecular complexity index is 634. The Morgan fingerprint density at radius 1 is 1.04 bits per heavy atom. The Morgan fingerprint density at radius 3 is 2.28 bits per heavy atom. The largest absolute Gasteiger partial charge is 0.452 e. The molecule has 0 bridgehead atoms. The molecule has 6 heteroatoms. The number of nitrogens with one attached hydrogen (secondary N) is 1. The lowest BCUT2D eigenvalue weighted by Crippen LogP contribution is -2.42. The number of carbonyl (C=O) groups is 3. The van der Waals surface area contributed by atoms with E-state index >= 15 is 0 Å². The van der Waals surface area contributed by atoms with Crippen LogP contribution in [0.25, 0.3) is 0 Å². The first kappa shape index (κ1) is 17.5. The average Bonchev–Trinajstić information content (AvgIpc) is 3.47. The van der Waals surface area contributed by atoms with Gasteiger partial charge in [0.25, 0.3) is 5.91 Å². The number of ether oxygens (including phenoxy) is 1. The van der Waals surface area contributed by atoms with E-state index in [1.807, 2.05) is 23.1 Å². The van der Waals surface area contributed by atoms with Crippen LogP contribution >= 0.6 is 0 Å². The molecule has 1 N–H and O–H groups in total. The summed E-state index contributed by atoms with van der Waals surface area (Å²) in [6, 6.07) is 9.06. The molecule has 1 saturated heterocycles. The zero-order valence-electron chi connectivity index (χ0n) is 14.4. The van der Waals surface area contributed by atoms with E-state index in [-0.39, 0.29) is 29.6 Å². The molecule has 2 amide bonds. The molecule has 3 rings (SSSR count). The van der Waals surface area contributed by atoms with Crippen LogP contribution in [0, 0.1) is 11.8 Å². The first-order valence-corrected chi connectivity index (χ1v) is 8.90. The molecule has 1 atom stereocenters. The summed E-state index contributed by atoms with van der Waals surface area (Å²) >= 11 is 0. The number of rotatable bonds is 5. The normalized spacial score (nSPS) is 19.2. The predicted molar refractivity (Wildman–Crippen MR) is 92.7 cm³/mol. The van der Waals surface area contributed by atoms with Crippen molar-refractivity contribution in [3.63, 3.8) is 0 Å². The van der Waals surface area contributed by atoms with Crippen LogP contribution in [0.2, 0.25) is 0 Å². The first-order valence-electron chi connectivity index (χ1n) is 8.90. The Balaban J connectivity index is 1.44. The second-order valence-corrected chi connectivity index (χ2v) is 6.81. The molecule has 134 valence electrons. The lowest BCUT2D eigenvalue weighted by Gasteiger charge is -2.31. The van der Waals surface area contributed by atoms with Crippen molar-refractivity contribution in [1.29, 1.82) is 0 Å². The van der Waals surface area contributed by atoms with Gasteiger partial charge in [0.15, 0.2) is 6.10 Å². The fraction of sp³-hybridized carbons (Fsp3) is 0.526. The van der Waals surface area contributed by atoms with Gasteiger partial charge in [-0.25, -0.2) is 0 Å². The molecule has 2 aliphatic rings. The number of hydrogen-bond donors (Lipinski definition) is 1. The van der Waals surface area contributed by atoms with Crippen LogP contribution in [0.5, 0.6) is 0 Å². The molecule has 1 aliphatic carbocycles. The van der Waals surface area contributed by atoms with Gasteiger partial charge in [-0.2, -0.15) is 0 Å². The van der Waals surface area contributed by atoms with Gasteiger partial charge in [-0.1, -0.05) is 18.2 Å². The van der Waals surface area contributed by atoms with Crippen LogP contribution in [-0.2, 0) is 19.1 Å². The van der Waals surface area contributed by atoms with Gasteiger partial charge in [-0.15, -0.1) is 0 Å². The summed E-state index contributed by atoms with van der Waals surface area (Å²) in [5, 5.41) is 2.72. The van der Waals surface area contributed by atoms with Crippen LogP contribution in [0.1, 0.15) is 32.6 Å². The third-order valence-electron chi connectivity index (χ3n) is 4.77. The predicted octanol–water partition coefficient (Wildman–Crippen LogP) is 2.21. The number of esters is 1. The highest BCUT2D eigenvalue weighted by molar-refractivity contribution is 5.95. The average molecular weight is 344 g/mol. The lowest BCUT2D eigenvalue weighted by atomic mass is 9.96. The van der Waals surface area contributed by atoms with Crippen molar-refractivity contribution in [2.24, 2.45) is 11.8 Å². The molecule has 1 unspecified atom stereocenters.